The van der Waals surface area contributed by atoms with Gasteiger partial charge in [-0.25, -0.2) is 4.98 Å². The van der Waals surface area contributed by atoms with Crippen molar-refractivity contribution in [3.05, 3.63) is 128 Å². The van der Waals surface area contributed by atoms with Gasteiger partial charge in [-0.05, 0) is 35.7 Å². The van der Waals surface area contributed by atoms with Crippen LogP contribution in [-0.2, 0) is 6.42 Å². The highest BCUT2D eigenvalue weighted by Crippen LogP contribution is 2.30. The van der Waals surface area contributed by atoms with Gasteiger partial charge in [-0.1, -0.05) is 84.4 Å². The highest BCUT2D eigenvalue weighted by Gasteiger charge is 2.27. The predicted octanol–water partition coefficient (Wildman–Crippen LogP) is 5.23. The second-order valence-electron chi connectivity index (χ2n) is 9.00. The lowest BCUT2D eigenvalue weighted by Crippen LogP contribution is -2.48. The van der Waals surface area contributed by atoms with Crippen LogP contribution in [0.3, 0.4) is 0 Å². The fraction of sp³-hybridized carbons (Fsp3) is 0.241. The first kappa shape index (κ1) is 23.3. The van der Waals surface area contributed by atoms with Crippen LogP contribution < -0.4 is 10.5 Å². The Kier molecular flexibility index (Phi) is 6.98. The van der Waals surface area contributed by atoms with Crippen molar-refractivity contribution in [1.82, 2.24) is 14.9 Å². The summed E-state index contributed by atoms with van der Waals surface area (Å²) in [5, 5.41) is 0.689. The Balaban J connectivity index is 1.32. The standard InChI is InChI=1S/C29H29ClN4O/c1-21-26(20-22-12-14-25(30)15-13-22)28(35)32-29(31-21)34-18-16-33(17-19-34)27(23-8-4-2-5-9-23)24-10-6-3-7-11-24/h2-15,27H,16-20H2,1H3,(H,31,32,35). The molecular weight excluding hydrogens is 456 g/mol. The van der Waals surface area contributed by atoms with Gasteiger partial charge in [-0.2, -0.15) is 0 Å². The van der Waals surface area contributed by atoms with Crippen LogP contribution in [0, 0.1) is 6.92 Å². The molecule has 1 aliphatic heterocycles. The van der Waals surface area contributed by atoms with Crippen molar-refractivity contribution in [2.75, 3.05) is 31.1 Å². The van der Waals surface area contributed by atoms with Crippen LogP contribution >= 0.6 is 11.6 Å². The van der Waals surface area contributed by atoms with Crippen LogP contribution in [0.2, 0.25) is 5.02 Å². The minimum atomic E-state index is -0.0728. The Labute approximate surface area is 211 Å². The van der Waals surface area contributed by atoms with E-state index in [9.17, 15) is 4.79 Å². The Hall–Kier alpha value is -3.41. The lowest BCUT2D eigenvalue weighted by molar-refractivity contribution is 0.211. The summed E-state index contributed by atoms with van der Waals surface area (Å²) in [6.45, 7) is 5.28. The third-order valence-corrected chi connectivity index (χ3v) is 6.97. The molecule has 1 saturated heterocycles. The van der Waals surface area contributed by atoms with E-state index in [1.54, 1.807) is 0 Å². The lowest BCUT2D eigenvalue weighted by atomic mass is 9.96. The van der Waals surface area contributed by atoms with Crippen molar-refractivity contribution >= 4 is 17.5 Å². The summed E-state index contributed by atoms with van der Waals surface area (Å²) in [6, 6.07) is 29.1. The average Bonchev–Trinajstić information content (AvgIpc) is 2.89. The summed E-state index contributed by atoms with van der Waals surface area (Å²) in [4.78, 5) is 25.5. The molecule has 5 nitrogen and oxygen atoms in total. The van der Waals surface area contributed by atoms with Crippen LogP contribution in [0.25, 0.3) is 0 Å². The molecule has 1 aliphatic rings. The first-order valence-corrected chi connectivity index (χ1v) is 12.4. The van der Waals surface area contributed by atoms with E-state index in [4.69, 9.17) is 16.6 Å². The highest BCUT2D eigenvalue weighted by atomic mass is 35.5. The summed E-state index contributed by atoms with van der Waals surface area (Å²) >= 11 is 5.99. The van der Waals surface area contributed by atoms with Gasteiger partial charge >= 0.3 is 0 Å². The number of hydrogen-bond acceptors (Lipinski definition) is 4. The molecule has 178 valence electrons. The zero-order valence-electron chi connectivity index (χ0n) is 19.8. The summed E-state index contributed by atoms with van der Waals surface area (Å²) in [5.74, 6) is 0.656. The number of nitrogens with one attached hydrogen (secondary N) is 1. The minimum Gasteiger partial charge on any atom is -0.340 e. The highest BCUT2D eigenvalue weighted by molar-refractivity contribution is 6.30. The number of nitrogens with zero attached hydrogens (tertiary/aromatic N) is 3. The van der Waals surface area contributed by atoms with Gasteiger partial charge < -0.3 is 4.90 Å². The number of H-pyrrole nitrogens is 1. The Morgan fingerprint density at radius 3 is 1.97 bits per heavy atom. The number of benzene rings is 3. The van der Waals surface area contributed by atoms with E-state index in [0.29, 0.717) is 23.0 Å². The van der Waals surface area contributed by atoms with Crippen molar-refractivity contribution in [2.45, 2.75) is 19.4 Å². The molecule has 35 heavy (non-hydrogen) atoms. The van der Waals surface area contributed by atoms with E-state index >= 15 is 0 Å². The summed E-state index contributed by atoms with van der Waals surface area (Å²) in [5.41, 5.74) is 5.02. The quantitative estimate of drug-likeness (QED) is 0.407. The SMILES string of the molecule is Cc1nc(N2CCN(C(c3ccccc3)c3ccccc3)CC2)[nH]c(=O)c1Cc1ccc(Cl)cc1. The fourth-order valence-corrected chi connectivity index (χ4v) is 4.96. The summed E-state index contributed by atoms with van der Waals surface area (Å²) in [6.07, 6.45) is 0.537. The smallest absolute Gasteiger partial charge is 0.256 e. The van der Waals surface area contributed by atoms with Gasteiger partial charge in [0.2, 0.25) is 5.95 Å². The third-order valence-electron chi connectivity index (χ3n) is 6.71. The zero-order valence-corrected chi connectivity index (χ0v) is 20.6. The molecule has 1 aromatic heterocycles. The third kappa shape index (κ3) is 5.31. The monoisotopic (exact) mass is 484 g/mol. The predicted molar refractivity (Wildman–Crippen MR) is 142 cm³/mol. The first-order chi connectivity index (χ1) is 17.1. The number of aryl methyl sites for hydroxylation is 1. The second kappa shape index (κ2) is 10.5. The Morgan fingerprint density at radius 1 is 0.857 bits per heavy atom. The van der Waals surface area contributed by atoms with E-state index < -0.39 is 0 Å². The largest absolute Gasteiger partial charge is 0.340 e. The van der Waals surface area contributed by atoms with E-state index in [-0.39, 0.29) is 11.6 Å². The van der Waals surface area contributed by atoms with Crippen LogP contribution in [0.1, 0.15) is 34.0 Å². The van der Waals surface area contributed by atoms with Gasteiger partial charge in [0.15, 0.2) is 0 Å². The molecule has 0 spiro atoms. The maximum atomic E-state index is 13.0. The van der Waals surface area contributed by atoms with Crippen molar-refractivity contribution in [3.8, 4) is 0 Å². The van der Waals surface area contributed by atoms with Gasteiger partial charge in [0.25, 0.3) is 5.56 Å². The molecule has 0 saturated carbocycles. The number of hydrogen-bond donors (Lipinski definition) is 1. The Bertz CT molecular complexity index is 1280. The molecule has 4 aromatic rings. The molecule has 0 amide bonds. The minimum absolute atomic E-state index is 0.0728. The van der Waals surface area contributed by atoms with Gasteiger partial charge in [-0.15, -0.1) is 0 Å². The van der Waals surface area contributed by atoms with Gasteiger partial charge in [0.1, 0.15) is 0 Å². The molecule has 0 unspecified atom stereocenters. The van der Waals surface area contributed by atoms with Crippen LogP contribution in [-0.4, -0.2) is 41.0 Å². The molecule has 1 N–H and O–H groups in total. The Morgan fingerprint density at radius 2 is 1.43 bits per heavy atom. The number of piperazine rings is 1. The zero-order chi connectivity index (χ0) is 24.2. The topological polar surface area (TPSA) is 52.2 Å². The first-order valence-electron chi connectivity index (χ1n) is 12.0. The van der Waals surface area contributed by atoms with Crippen molar-refractivity contribution in [3.63, 3.8) is 0 Å². The number of aromatic amines is 1. The number of anilines is 1. The molecule has 3 aromatic carbocycles. The molecule has 2 heterocycles. The fourth-order valence-electron chi connectivity index (χ4n) is 4.84. The molecule has 0 radical (unpaired) electrons. The van der Waals surface area contributed by atoms with Gasteiger partial charge in [-0.3, -0.25) is 14.7 Å². The lowest BCUT2D eigenvalue weighted by Gasteiger charge is -2.40. The van der Waals surface area contributed by atoms with E-state index in [2.05, 4.69) is 75.4 Å². The van der Waals surface area contributed by atoms with Crippen molar-refractivity contribution in [2.24, 2.45) is 0 Å². The number of rotatable bonds is 6. The molecule has 0 aliphatic carbocycles. The summed E-state index contributed by atoms with van der Waals surface area (Å²) in [7, 11) is 0. The maximum absolute atomic E-state index is 13.0. The molecular formula is C29H29ClN4O. The molecule has 6 heteroatoms. The molecule has 0 atom stereocenters. The number of aromatic nitrogens is 2. The van der Waals surface area contributed by atoms with E-state index in [1.807, 2.05) is 31.2 Å². The van der Waals surface area contributed by atoms with Crippen LogP contribution in [0.5, 0.6) is 0 Å². The molecule has 0 bridgehead atoms. The second-order valence-corrected chi connectivity index (χ2v) is 9.44. The summed E-state index contributed by atoms with van der Waals surface area (Å²) < 4.78 is 0. The molecule has 1 fully saturated rings. The van der Waals surface area contributed by atoms with Crippen molar-refractivity contribution < 1.29 is 0 Å². The van der Waals surface area contributed by atoms with Crippen LogP contribution in [0.4, 0.5) is 5.95 Å². The van der Waals surface area contributed by atoms with Crippen LogP contribution in [0.15, 0.2) is 89.7 Å². The average molecular weight is 485 g/mol. The normalized spacial score (nSPS) is 14.4. The van der Waals surface area contributed by atoms with E-state index in [0.717, 1.165) is 37.4 Å². The molecule has 5 rings (SSSR count). The number of halogens is 1. The van der Waals surface area contributed by atoms with Crippen molar-refractivity contribution in [1.29, 1.82) is 0 Å². The van der Waals surface area contributed by atoms with Gasteiger partial charge in [0.05, 0.1) is 11.7 Å². The maximum Gasteiger partial charge on any atom is 0.256 e. The van der Waals surface area contributed by atoms with E-state index in [1.165, 1.54) is 11.1 Å². The van der Waals surface area contributed by atoms with Gasteiger partial charge in [0, 0.05) is 43.2 Å².